The van der Waals surface area contributed by atoms with Crippen LogP contribution in [-0.4, -0.2) is 4.98 Å². The van der Waals surface area contributed by atoms with Gasteiger partial charge in [-0.3, -0.25) is 4.98 Å². The van der Waals surface area contributed by atoms with Gasteiger partial charge in [0, 0.05) is 17.1 Å². The Labute approximate surface area is 162 Å². The summed E-state index contributed by atoms with van der Waals surface area (Å²) in [5, 5.41) is 10.1. The summed E-state index contributed by atoms with van der Waals surface area (Å²) in [4.78, 5) is 4.70. The molecule has 6 rings (SSSR count). The topological polar surface area (TPSA) is 12.9 Å². The number of benzene rings is 5. The highest BCUT2D eigenvalue weighted by Gasteiger charge is 2.09. The Bertz CT molecular complexity index is 1510. The number of nitrogens with zero attached hydrogens (tertiary/aromatic N) is 1. The van der Waals surface area contributed by atoms with E-state index in [0.29, 0.717) is 0 Å². The highest BCUT2D eigenvalue weighted by molar-refractivity contribution is 6.20. The van der Waals surface area contributed by atoms with Crippen LogP contribution in [0.4, 0.5) is 0 Å². The van der Waals surface area contributed by atoms with Crippen molar-refractivity contribution >= 4 is 43.1 Å². The van der Waals surface area contributed by atoms with Gasteiger partial charge >= 0.3 is 0 Å². The van der Waals surface area contributed by atoms with Crippen LogP contribution >= 0.6 is 0 Å². The summed E-state index contributed by atoms with van der Waals surface area (Å²) in [6.07, 6.45) is 1.90. The van der Waals surface area contributed by atoms with Crippen LogP contribution in [0.3, 0.4) is 0 Å². The molecular weight excluding hydrogens is 338 g/mol. The zero-order valence-electron chi connectivity index (χ0n) is 15.3. The first-order valence-corrected chi connectivity index (χ1v) is 9.57. The lowest BCUT2D eigenvalue weighted by molar-refractivity contribution is 1.36. The van der Waals surface area contributed by atoms with E-state index in [0.717, 1.165) is 11.3 Å². The van der Waals surface area contributed by atoms with Crippen molar-refractivity contribution in [2.45, 2.75) is 0 Å². The van der Waals surface area contributed by atoms with E-state index in [4.69, 9.17) is 4.98 Å². The monoisotopic (exact) mass is 355 g/mol. The first kappa shape index (κ1) is 15.4. The molecule has 0 fully saturated rings. The van der Waals surface area contributed by atoms with Gasteiger partial charge in [0.1, 0.15) is 0 Å². The minimum absolute atomic E-state index is 1.04. The van der Waals surface area contributed by atoms with E-state index in [-0.39, 0.29) is 0 Å². The predicted octanol–water partition coefficient (Wildman–Crippen LogP) is 7.36. The number of hydrogen-bond donors (Lipinski definition) is 0. The third kappa shape index (κ3) is 2.23. The lowest BCUT2D eigenvalue weighted by Gasteiger charge is -2.11. The van der Waals surface area contributed by atoms with Gasteiger partial charge in [-0.05, 0) is 49.8 Å². The number of aromatic nitrogens is 1. The van der Waals surface area contributed by atoms with Crippen molar-refractivity contribution in [1.29, 1.82) is 0 Å². The van der Waals surface area contributed by atoms with Gasteiger partial charge in [-0.25, -0.2) is 0 Å². The zero-order valence-corrected chi connectivity index (χ0v) is 15.3. The molecule has 0 saturated carbocycles. The van der Waals surface area contributed by atoms with Crippen molar-refractivity contribution in [3.63, 3.8) is 0 Å². The van der Waals surface area contributed by atoms with Crippen LogP contribution in [0.15, 0.2) is 103 Å². The van der Waals surface area contributed by atoms with E-state index in [2.05, 4.69) is 97.1 Å². The van der Waals surface area contributed by atoms with Crippen molar-refractivity contribution in [2.75, 3.05) is 0 Å². The van der Waals surface area contributed by atoms with Crippen LogP contribution < -0.4 is 0 Å². The van der Waals surface area contributed by atoms with Gasteiger partial charge in [0.15, 0.2) is 0 Å². The van der Waals surface area contributed by atoms with E-state index in [1.54, 1.807) is 0 Å². The molecule has 0 aliphatic rings. The third-order valence-corrected chi connectivity index (χ3v) is 5.67. The van der Waals surface area contributed by atoms with Gasteiger partial charge < -0.3 is 0 Å². The summed E-state index contributed by atoms with van der Waals surface area (Å²) in [6, 6.07) is 34.7. The quantitative estimate of drug-likeness (QED) is 0.281. The summed E-state index contributed by atoms with van der Waals surface area (Å²) in [7, 11) is 0. The Morgan fingerprint density at radius 1 is 0.464 bits per heavy atom. The minimum Gasteiger partial charge on any atom is -0.256 e. The molecule has 0 bridgehead atoms. The highest BCUT2D eigenvalue weighted by Crippen LogP contribution is 2.35. The van der Waals surface area contributed by atoms with Crippen molar-refractivity contribution < 1.29 is 0 Å². The molecule has 5 aromatic carbocycles. The van der Waals surface area contributed by atoms with Gasteiger partial charge in [0.05, 0.1) is 5.69 Å². The van der Waals surface area contributed by atoms with Crippen LogP contribution in [0.5, 0.6) is 0 Å². The van der Waals surface area contributed by atoms with E-state index in [9.17, 15) is 0 Å². The Hall–Kier alpha value is -3.71. The maximum absolute atomic E-state index is 4.70. The number of pyridine rings is 1. The van der Waals surface area contributed by atoms with E-state index >= 15 is 0 Å². The summed E-state index contributed by atoms with van der Waals surface area (Å²) in [5.41, 5.74) is 2.20. The molecule has 0 aliphatic heterocycles. The maximum Gasteiger partial charge on any atom is 0.0780 e. The van der Waals surface area contributed by atoms with Crippen molar-refractivity contribution in [3.8, 4) is 11.3 Å². The molecule has 6 aromatic rings. The molecular formula is C27H17N. The number of hydrogen-bond acceptors (Lipinski definition) is 1. The average molecular weight is 355 g/mol. The van der Waals surface area contributed by atoms with Crippen molar-refractivity contribution in [3.05, 3.63) is 103 Å². The molecule has 1 heterocycles. The standard InChI is InChI=1S/C27H17N/c1-3-7-23-18(5-1)9-10-20-11-12-21-17-22(13-14-24(21)26(20)23)27-25-8-4-2-6-19(25)15-16-28-27/h1-17H. The second-order valence-electron chi connectivity index (χ2n) is 7.27. The average Bonchev–Trinajstić information content (AvgIpc) is 2.78. The fourth-order valence-electron chi connectivity index (χ4n) is 4.33. The van der Waals surface area contributed by atoms with Crippen LogP contribution in [0, 0.1) is 0 Å². The lowest BCUT2D eigenvalue weighted by atomic mass is 9.94. The number of rotatable bonds is 1. The van der Waals surface area contributed by atoms with E-state index in [1.807, 2.05) is 6.20 Å². The van der Waals surface area contributed by atoms with Gasteiger partial charge in [-0.15, -0.1) is 0 Å². The highest BCUT2D eigenvalue weighted by atomic mass is 14.7. The Morgan fingerprint density at radius 3 is 1.96 bits per heavy atom. The first-order valence-electron chi connectivity index (χ1n) is 9.57. The molecule has 1 nitrogen and oxygen atoms in total. The fourth-order valence-corrected chi connectivity index (χ4v) is 4.33. The molecule has 0 radical (unpaired) electrons. The largest absolute Gasteiger partial charge is 0.256 e. The van der Waals surface area contributed by atoms with Crippen molar-refractivity contribution in [2.24, 2.45) is 0 Å². The van der Waals surface area contributed by atoms with E-state index < -0.39 is 0 Å². The SMILES string of the molecule is c1ccc2c(-c3ccc4c(ccc5ccc6ccccc6c54)c3)nccc2c1. The Kier molecular flexibility index (Phi) is 3.24. The molecule has 0 amide bonds. The lowest BCUT2D eigenvalue weighted by Crippen LogP contribution is -1.87. The maximum atomic E-state index is 4.70. The molecule has 0 aliphatic carbocycles. The fraction of sp³-hybridized carbons (Fsp3) is 0. The number of fused-ring (bicyclic) bond motifs is 6. The Balaban J connectivity index is 1.67. The van der Waals surface area contributed by atoms with E-state index in [1.165, 1.54) is 43.1 Å². The molecule has 1 heteroatoms. The van der Waals surface area contributed by atoms with Gasteiger partial charge in [-0.2, -0.15) is 0 Å². The molecule has 130 valence electrons. The molecule has 1 aromatic heterocycles. The molecule has 0 unspecified atom stereocenters. The molecule has 0 N–H and O–H groups in total. The van der Waals surface area contributed by atoms with Crippen LogP contribution in [0.25, 0.3) is 54.3 Å². The van der Waals surface area contributed by atoms with Gasteiger partial charge in [0.2, 0.25) is 0 Å². The van der Waals surface area contributed by atoms with Crippen LogP contribution in [-0.2, 0) is 0 Å². The molecule has 0 atom stereocenters. The van der Waals surface area contributed by atoms with Crippen LogP contribution in [0.1, 0.15) is 0 Å². The predicted molar refractivity (Wildman–Crippen MR) is 120 cm³/mol. The Morgan fingerprint density at radius 2 is 1.11 bits per heavy atom. The second kappa shape index (κ2) is 5.90. The molecule has 0 spiro atoms. The normalized spacial score (nSPS) is 11.6. The smallest absolute Gasteiger partial charge is 0.0780 e. The van der Waals surface area contributed by atoms with Crippen LogP contribution in [0.2, 0.25) is 0 Å². The van der Waals surface area contributed by atoms with Gasteiger partial charge in [0.25, 0.3) is 0 Å². The minimum atomic E-state index is 1.04. The van der Waals surface area contributed by atoms with Gasteiger partial charge in [-0.1, -0.05) is 84.9 Å². The third-order valence-electron chi connectivity index (χ3n) is 5.67. The second-order valence-corrected chi connectivity index (χ2v) is 7.27. The first-order chi connectivity index (χ1) is 13.9. The summed E-state index contributed by atoms with van der Waals surface area (Å²) < 4.78 is 0. The summed E-state index contributed by atoms with van der Waals surface area (Å²) in [5.74, 6) is 0. The van der Waals surface area contributed by atoms with Crippen molar-refractivity contribution in [1.82, 2.24) is 4.98 Å². The molecule has 28 heavy (non-hydrogen) atoms. The zero-order chi connectivity index (χ0) is 18.5. The summed E-state index contributed by atoms with van der Waals surface area (Å²) in [6.45, 7) is 0. The molecule has 0 saturated heterocycles. The summed E-state index contributed by atoms with van der Waals surface area (Å²) >= 11 is 0.